The smallest absolute Gasteiger partial charge is 0.339 e. The molecule has 0 aliphatic heterocycles. The Morgan fingerprint density at radius 2 is 2.00 bits per heavy atom. The minimum atomic E-state index is -0.958. The number of carbonyl (C=O) groups is 1. The Kier molecular flexibility index (Phi) is 2.56. The predicted octanol–water partition coefficient (Wildman–Crippen LogP) is 2.01. The lowest BCUT2D eigenvalue weighted by Gasteiger charge is -2.10. The van der Waals surface area contributed by atoms with Gasteiger partial charge in [0.05, 0.1) is 7.11 Å². The van der Waals surface area contributed by atoms with Crippen molar-refractivity contribution in [1.82, 2.24) is 0 Å². The lowest BCUT2D eigenvalue weighted by atomic mass is 10.0. The van der Waals surface area contributed by atoms with Gasteiger partial charge < -0.3 is 9.84 Å². The first kappa shape index (κ1) is 9.58. The summed E-state index contributed by atoms with van der Waals surface area (Å²) in [5.41, 5.74) is 2.12. The van der Waals surface area contributed by atoms with Gasteiger partial charge in [0.25, 0.3) is 0 Å². The standard InChI is InChI=1S/C10H12O3/c1-6-4-5-8(10(11)12)9(13-3)7(6)2/h4-5H,1-3H3,(H,11,12). The molecule has 0 saturated heterocycles. The van der Waals surface area contributed by atoms with E-state index < -0.39 is 5.97 Å². The second-order valence-electron chi connectivity index (χ2n) is 2.89. The number of benzene rings is 1. The number of ether oxygens (including phenoxy) is 1. The van der Waals surface area contributed by atoms with Crippen LogP contribution in [0.15, 0.2) is 12.1 Å². The van der Waals surface area contributed by atoms with E-state index in [2.05, 4.69) is 0 Å². The fraction of sp³-hybridized carbons (Fsp3) is 0.300. The van der Waals surface area contributed by atoms with E-state index in [0.717, 1.165) is 11.1 Å². The van der Waals surface area contributed by atoms with Gasteiger partial charge in [0.15, 0.2) is 0 Å². The molecule has 1 aromatic rings. The van der Waals surface area contributed by atoms with Crippen LogP contribution in [0.3, 0.4) is 0 Å². The van der Waals surface area contributed by atoms with Crippen LogP contribution < -0.4 is 4.74 Å². The fourth-order valence-corrected chi connectivity index (χ4v) is 1.22. The van der Waals surface area contributed by atoms with Gasteiger partial charge in [0.1, 0.15) is 11.3 Å². The van der Waals surface area contributed by atoms with Crippen molar-refractivity contribution in [3.05, 3.63) is 28.8 Å². The highest BCUT2D eigenvalue weighted by atomic mass is 16.5. The maximum atomic E-state index is 10.8. The van der Waals surface area contributed by atoms with Crippen LogP contribution >= 0.6 is 0 Å². The molecule has 0 atom stereocenters. The van der Waals surface area contributed by atoms with E-state index in [1.54, 1.807) is 12.1 Å². The second-order valence-corrected chi connectivity index (χ2v) is 2.89. The minimum Gasteiger partial charge on any atom is -0.496 e. The fourth-order valence-electron chi connectivity index (χ4n) is 1.22. The molecule has 0 saturated carbocycles. The first-order valence-corrected chi connectivity index (χ1v) is 3.95. The van der Waals surface area contributed by atoms with Gasteiger partial charge in [-0.05, 0) is 31.0 Å². The average molecular weight is 180 g/mol. The third-order valence-electron chi connectivity index (χ3n) is 2.11. The maximum Gasteiger partial charge on any atom is 0.339 e. The molecule has 1 rings (SSSR count). The van der Waals surface area contributed by atoms with E-state index in [-0.39, 0.29) is 5.56 Å². The summed E-state index contributed by atoms with van der Waals surface area (Å²) < 4.78 is 5.04. The zero-order valence-electron chi connectivity index (χ0n) is 7.92. The Morgan fingerprint density at radius 3 is 2.46 bits per heavy atom. The molecule has 0 aliphatic carbocycles. The molecule has 0 amide bonds. The lowest BCUT2D eigenvalue weighted by molar-refractivity contribution is 0.0693. The van der Waals surface area contributed by atoms with Crippen LogP contribution in [0, 0.1) is 13.8 Å². The SMILES string of the molecule is COc1c(C(=O)O)ccc(C)c1C. The van der Waals surface area contributed by atoms with Gasteiger partial charge in [-0.3, -0.25) is 0 Å². The van der Waals surface area contributed by atoms with Gasteiger partial charge in [0.2, 0.25) is 0 Å². The van der Waals surface area contributed by atoms with Crippen molar-refractivity contribution < 1.29 is 14.6 Å². The van der Waals surface area contributed by atoms with Crippen LogP contribution in [0.1, 0.15) is 21.5 Å². The summed E-state index contributed by atoms with van der Waals surface area (Å²) in [5, 5.41) is 8.83. The van der Waals surface area contributed by atoms with Gasteiger partial charge in [0, 0.05) is 0 Å². The number of aryl methyl sites for hydroxylation is 1. The molecule has 0 aromatic heterocycles. The van der Waals surface area contributed by atoms with E-state index in [9.17, 15) is 4.79 Å². The van der Waals surface area contributed by atoms with E-state index in [1.165, 1.54) is 7.11 Å². The maximum absolute atomic E-state index is 10.8. The van der Waals surface area contributed by atoms with Gasteiger partial charge in [-0.25, -0.2) is 4.79 Å². The summed E-state index contributed by atoms with van der Waals surface area (Å²) in [4.78, 5) is 10.8. The molecule has 0 heterocycles. The third kappa shape index (κ3) is 1.64. The zero-order chi connectivity index (χ0) is 10.0. The summed E-state index contributed by atoms with van der Waals surface area (Å²) in [6.07, 6.45) is 0. The molecular formula is C10H12O3. The van der Waals surface area contributed by atoms with Crippen molar-refractivity contribution in [2.45, 2.75) is 13.8 Å². The molecule has 0 radical (unpaired) electrons. The van der Waals surface area contributed by atoms with E-state index in [0.29, 0.717) is 5.75 Å². The normalized spacial score (nSPS) is 9.77. The topological polar surface area (TPSA) is 46.5 Å². The molecule has 3 heteroatoms. The molecule has 1 N–H and O–H groups in total. The number of hydrogen-bond acceptors (Lipinski definition) is 2. The first-order valence-electron chi connectivity index (χ1n) is 3.95. The average Bonchev–Trinajstić information content (AvgIpc) is 2.09. The molecule has 3 nitrogen and oxygen atoms in total. The molecular weight excluding hydrogens is 168 g/mol. The van der Waals surface area contributed by atoms with Crippen molar-refractivity contribution in [3.63, 3.8) is 0 Å². The van der Waals surface area contributed by atoms with E-state index in [1.807, 2.05) is 13.8 Å². The van der Waals surface area contributed by atoms with Crippen LogP contribution in [0.25, 0.3) is 0 Å². The number of carboxylic acids is 1. The number of aromatic carboxylic acids is 1. The lowest BCUT2D eigenvalue weighted by Crippen LogP contribution is -2.02. The monoisotopic (exact) mass is 180 g/mol. The van der Waals surface area contributed by atoms with Crippen molar-refractivity contribution >= 4 is 5.97 Å². The van der Waals surface area contributed by atoms with Crippen LogP contribution in [-0.4, -0.2) is 18.2 Å². The Morgan fingerprint density at radius 1 is 1.38 bits per heavy atom. The molecule has 70 valence electrons. The predicted molar refractivity (Wildman–Crippen MR) is 49.4 cm³/mol. The zero-order valence-corrected chi connectivity index (χ0v) is 7.92. The Bertz CT molecular complexity index is 342. The summed E-state index contributed by atoms with van der Waals surface area (Å²) in [5.74, 6) is -0.507. The summed E-state index contributed by atoms with van der Waals surface area (Å²) in [7, 11) is 1.48. The number of methoxy groups -OCH3 is 1. The van der Waals surface area contributed by atoms with Crippen molar-refractivity contribution in [1.29, 1.82) is 0 Å². The quantitative estimate of drug-likeness (QED) is 0.757. The highest BCUT2D eigenvalue weighted by Gasteiger charge is 2.13. The molecule has 0 aliphatic rings. The van der Waals surface area contributed by atoms with E-state index in [4.69, 9.17) is 9.84 Å². The van der Waals surface area contributed by atoms with Crippen molar-refractivity contribution in [2.24, 2.45) is 0 Å². The summed E-state index contributed by atoms with van der Waals surface area (Å²) in [6.45, 7) is 3.77. The van der Waals surface area contributed by atoms with Gasteiger partial charge in [-0.15, -0.1) is 0 Å². The van der Waals surface area contributed by atoms with Gasteiger partial charge in [-0.2, -0.15) is 0 Å². The molecule has 13 heavy (non-hydrogen) atoms. The highest BCUT2D eigenvalue weighted by molar-refractivity contribution is 5.91. The van der Waals surface area contributed by atoms with Gasteiger partial charge >= 0.3 is 5.97 Å². The Balaban J connectivity index is 3.38. The molecule has 1 aromatic carbocycles. The van der Waals surface area contributed by atoms with Crippen LogP contribution in [0.4, 0.5) is 0 Å². The van der Waals surface area contributed by atoms with E-state index >= 15 is 0 Å². The first-order chi connectivity index (χ1) is 6.07. The molecule has 0 bridgehead atoms. The van der Waals surface area contributed by atoms with Crippen LogP contribution in [0.2, 0.25) is 0 Å². The Labute approximate surface area is 77.0 Å². The Hall–Kier alpha value is -1.51. The van der Waals surface area contributed by atoms with Crippen molar-refractivity contribution in [2.75, 3.05) is 7.11 Å². The summed E-state index contributed by atoms with van der Waals surface area (Å²) >= 11 is 0. The minimum absolute atomic E-state index is 0.214. The van der Waals surface area contributed by atoms with Crippen molar-refractivity contribution in [3.8, 4) is 5.75 Å². The molecule has 0 unspecified atom stereocenters. The number of carboxylic acid groups (broad SMARTS) is 1. The number of rotatable bonds is 2. The largest absolute Gasteiger partial charge is 0.496 e. The summed E-state index contributed by atoms with van der Waals surface area (Å²) in [6, 6.07) is 3.34. The third-order valence-corrected chi connectivity index (χ3v) is 2.11. The van der Waals surface area contributed by atoms with Crippen LogP contribution in [0.5, 0.6) is 5.75 Å². The second kappa shape index (κ2) is 3.47. The number of hydrogen-bond donors (Lipinski definition) is 1. The molecule has 0 spiro atoms. The molecule has 0 fully saturated rings. The van der Waals surface area contributed by atoms with Gasteiger partial charge in [-0.1, -0.05) is 6.07 Å². The highest BCUT2D eigenvalue weighted by Crippen LogP contribution is 2.25. The van der Waals surface area contributed by atoms with Crippen LogP contribution in [-0.2, 0) is 0 Å².